The molecule has 0 atom stereocenters. The zero-order chi connectivity index (χ0) is 13.3. The van der Waals surface area contributed by atoms with Gasteiger partial charge in [-0.05, 0) is 28.1 Å². The monoisotopic (exact) mass is 351 g/mol. The van der Waals surface area contributed by atoms with Crippen molar-refractivity contribution in [1.82, 2.24) is 20.0 Å². The van der Waals surface area contributed by atoms with Crippen molar-refractivity contribution in [3.05, 3.63) is 28.0 Å². The molecule has 2 aromatic heterocycles. The van der Waals surface area contributed by atoms with Gasteiger partial charge in [0.05, 0.1) is 5.02 Å². The van der Waals surface area contributed by atoms with E-state index in [4.69, 9.17) is 11.6 Å². The molecule has 0 spiro atoms. The predicted molar refractivity (Wildman–Crippen MR) is 68.8 cm³/mol. The van der Waals surface area contributed by atoms with E-state index in [9.17, 15) is 8.42 Å². The highest BCUT2D eigenvalue weighted by Gasteiger charge is 2.24. The number of halogens is 2. The number of hydrogen-bond acceptors (Lipinski definition) is 5. The lowest BCUT2D eigenvalue weighted by molar-refractivity contribution is 0.578. The summed E-state index contributed by atoms with van der Waals surface area (Å²) in [7, 11) is -2.33. The normalized spacial score (nSPS) is 11.5. The van der Waals surface area contributed by atoms with Crippen LogP contribution in [-0.2, 0) is 17.1 Å². The minimum atomic E-state index is -3.81. The van der Waals surface area contributed by atoms with Gasteiger partial charge in [-0.15, -0.1) is 5.10 Å². The van der Waals surface area contributed by atoms with E-state index in [0.717, 1.165) is 4.68 Å². The molecule has 0 unspecified atom stereocenters. The van der Waals surface area contributed by atoms with Crippen LogP contribution in [0.25, 0.3) is 0 Å². The molecule has 0 aliphatic heterocycles. The molecule has 10 heteroatoms. The maximum atomic E-state index is 12.1. The summed E-state index contributed by atoms with van der Waals surface area (Å²) in [6.45, 7) is 0. The Labute approximate surface area is 116 Å². The van der Waals surface area contributed by atoms with Crippen LogP contribution in [0.4, 0.5) is 5.82 Å². The van der Waals surface area contributed by atoms with Crippen molar-refractivity contribution in [2.45, 2.75) is 5.03 Å². The van der Waals surface area contributed by atoms with Crippen LogP contribution in [0.15, 0.2) is 28.0 Å². The van der Waals surface area contributed by atoms with E-state index in [1.54, 1.807) is 0 Å². The standard InChI is InChI=1S/C8H7BrClN5O2S/c1-15-8(7(9)12-14-15)18(16,17)13-6-3-2-5(10)4-11-6/h2-4H,1H3,(H,11,13). The van der Waals surface area contributed by atoms with E-state index >= 15 is 0 Å². The molecular weight excluding hydrogens is 346 g/mol. The molecule has 2 rings (SSSR count). The molecule has 7 nitrogen and oxygen atoms in total. The topological polar surface area (TPSA) is 89.8 Å². The molecule has 0 bridgehead atoms. The SMILES string of the molecule is Cn1nnc(Br)c1S(=O)(=O)Nc1ccc(Cl)cn1. The largest absolute Gasteiger partial charge is 0.283 e. The lowest BCUT2D eigenvalue weighted by atomic mass is 10.5. The van der Waals surface area contributed by atoms with Crippen LogP contribution >= 0.6 is 27.5 Å². The third-order valence-corrected chi connectivity index (χ3v) is 4.42. The molecule has 0 amide bonds. The van der Waals surface area contributed by atoms with Crippen molar-refractivity contribution in [3.8, 4) is 0 Å². The van der Waals surface area contributed by atoms with Crippen molar-refractivity contribution < 1.29 is 8.42 Å². The van der Waals surface area contributed by atoms with Crippen LogP contribution in [0.3, 0.4) is 0 Å². The highest BCUT2D eigenvalue weighted by molar-refractivity contribution is 9.10. The summed E-state index contributed by atoms with van der Waals surface area (Å²) in [5.41, 5.74) is 0. The lowest BCUT2D eigenvalue weighted by Crippen LogP contribution is -2.17. The Morgan fingerprint density at radius 3 is 2.67 bits per heavy atom. The number of aromatic nitrogens is 4. The van der Waals surface area contributed by atoms with E-state index < -0.39 is 10.0 Å². The van der Waals surface area contributed by atoms with Gasteiger partial charge in [0, 0.05) is 13.2 Å². The molecule has 0 fully saturated rings. The summed E-state index contributed by atoms with van der Waals surface area (Å²) >= 11 is 8.68. The minimum Gasteiger partial charge on any atom is -0.262 e. The number of aryl methyl sites for hydroxylation is 1. The van der Waals surface area contributed by atoms with E-state index in [1.165, 1.54) is 25.4 Å². The Morgan fingerprint density at radius 2 is 2.17 bits per heavy atom. The Balaban J connectivity index is 2.36. The summed E-state index contributed by atoms with van der Waals surface area (Å²) < 4.78 is 27.7. The first-order valence-corrected chi connectivity index (χ1v) is 7.25. The minimum absolute atomic E-state index is 0.0840. The first-order valence-electron chi connectivity index (χ1n) is 4.60. The Bertz CT molecular complexity index is 650. The quantitative estimate of drug-likeness (QED) is 0.902. The van der Waals surface area contributed by atoms with Crippen LogP contribution in [0.1, 0.15) is 0 Å². The second-order valence-corrected chi connectivity index (χ2v) is 6.06. The van der Waals surface area contributed by atoms with E-state index in [0.29, 0.717) is 5.02 Å². The van der Waals surface area contributed by atoms with Crippen LogP contribution < -0.4 is 4.72 Å². The highest BCUT2D eigenvalue weighted by Crippen LogP contribution is 2.20. The number of rotatable bonds is 3. The molecule has 18 heavy (non-hydrogen) atoms. The predicted octanol–water partition coefficient (Wildman–Crippen LogP) is 1.43. The number of sulfonamides is 1. The van der Waals surface area contributed by atoms with Crippen LogP contribution in [0.5, 0.6) is 0 Å². The molecule has 0 aromatic carbocycles. The van der Waals surface area contributed by atoms with Crippen LogP contribution in [-0.4, -0.2) is 28.4 Å². The van der Waals surface area contributed by atoms with Crippen molar-refractivity contribution in [2.75, 3.05) is 4.72 Å². The average molecular weight is 353 g/mol. The summed E-state index contributed by atoms with van der Waals surface area (Å²) in [4.78, 5) is 3.85. The molecule has 0 saturated heterocycles. The Morgan fingerprint density at radius 1 is 1.44 bits per heavy atom. The van der Waals surface area contributed by atoms with Crippen molar-refractivity contribution in [3.63, 3.8) is 0 Å². The lowest BCUT2D eigenvalue weighted by Gasteiger charge is -2.06. The van der Waals surface area contributed by atoms with E-state index in [1.807, 2.05) is 0 Å². The highest BCUT2D eigenvalue weighted by atomic mass is 79.9. The molecular formula is C8H7BrClN5O2S. The number of pyridine rings is 1. The van der Waals surface area contributed by atoms with Gasteiger partial charge in [0.2, 0.25) is 5.03 Å². The molecule has 0 aliphatic rings. The zero-order valence-electron chi connectivity index (χ0n) is 9.00. The third kappa shape index (κ3) is 2.62. The van der Waals surface area contributed by atoms with Gasteiger partial charge >= 0.3 is 0 Å². The second-order valence-electron chi connectivity index (χ2n) is 3.28. The number of nitrogens with one attached hydrogen (secondary N) is 1. The molecule has 0 saturated carbocycles. The summed E-state index contributed by atoms with van der Waals surface area (Å²) in [5.74, 6) is 0.160. The van der Waals surface area contributed by atoms with E-state index in [2.05, 4.69) is 35.9 Å². The first kappa shape index (κ1) is 13.2. The van der Waals surface area contributed by atoms with Gasteiger partial charge in [0.15, 0.2) is 4.60 Å². The second kappa shape index (κ2) is 4.82. The Hall–Kier alpha value is -1.19. The average Bonchev–Trinajstić information content (AvgIpc) is 2.62. The first-order chi connectivity index (χ1) is 8.40. The summed E-state index contributed by atoms with van der Waals surface area (Å²) in [6.07, 6.45) is 1.34. The fourth-order valence-electron chi connectivity index (χ4n) is 1.23. The van der Waals surface area contributed by atoms with Crippen molar-refractivity contribution in [2.24, 2.45) is 7.05 Å². The van der Waals surface area contributed by atoms with Crippen molar-refractivity contribution in [1.29, 1.82) is 0 Å². The summed E-state index contributed by atoms with van der Waals surface area (Å²) in [6, 6.07) is 2.99. The molecule has 2 aromatic rings. The van der Waals surface area contributed by atoms with Crippen LogP contribution in [0.2, 0.25) is 5.02 Å². The fraction of sp³-hybridized carbons (Fsp3) is 0.125. The van der Waals surface area contributed by atoms with E-state index in [-0.39, 0.29) is 15.4 Å². The smallest absolute Gasteiger partial charge is 0.262 e. The number of anilines is 1. The van der Waals surface area contributed by atoms with Gasteiger partial charge in [-0.3, -0.25) is 4.72 Å². The maximum absolute atomic E-state index is 12.1. The van der Waals surface area contributed by atoms with Gasteiger partial charge in [0.1, 0.15) is 5.82 Å². The van der Waals surface area contributed by atoms with Crippen LogP contribution in [0, 0.1) is 0 Å². The zero-order valence-corrected chi connectivity index (χ0v) is 12.2. The maximum Gasteiger partial charge on any atom is 0.283 e. The molecule has 1 N–H and O–H groups in total. The molecule has 2 heterocycles. The van der Waals surface area contributed by atoms with Gasteiger partial charge in [-0.25, -0.2) is 9.67 Å². The fourth-order valence-corrected chi connectivity index (χ4v) is 3.45. The number of hydrogen-bond donors (Lipinski definition) is 1. The number of nitrogens with zero attached hydrogens (tertiary/aromatic N) is 4. The Kier molecular flexibility index (Phi) is 3.55. The van der Waals surface area contributed by atoms with Crippen molar-refractivity contribution >= 4 is 43.4 Å². The van der Waals surface area contributed by atoms with Gasteiger partial charge < -0.3 is 0 Å². The van der Waals surface area contributed by atoms with Gasteiger partial charge in [-0.2, -0.15) is 8.42 Å². The molecule has 96 valence electrons. The molecule has 0 radical (unpaired) electrons. The summed E-state index contributed by atoms with van der Waals surface area (Å²) in [5, 5.41) is 7.54. The molecule has 0 aliphatic carbocycles. The van der Waals surface area contributed by atoms with Gasteiger partial charge in [0.25, 0.3) is 10.0 Å². The third-order valence-electron chi connectivity index (χ3n) is 1.96. The van der Waals surface area contributed by atoms with Gasteiger partial charge in [-0.1, -0.05) is 16.8 Å².